The second-order valence-electron chi connectivity index (χ2n) is 5.28. The van der Waals surface area contributed by atoms with Crippen molar-refractivity contribution >= 4 is 23.7 Å². The van der Waals surface area contributed by atoms with Crippen molar-refractivity contribution in [3.05, 3.63) is 69.8 Å². The van der Waals surface area contributed by atoms with E-state index in [1.54, 1.807) is 24.3 Å². The highest BCUT2D eigenvalue weighted by molar-refractivity contribution is 5.96. The predicted octanol–water partition coefficient (Wildman–Crippen LogP) is 1.87. The van der Waals surface area contributed by atoms with E-state index in [9.17, 15) is 19.7 Å². The van der Waals surface area contributed by atoms with Gasteiger partial charge in [0.25, 0.3) is 17.5 Å². The van der Waals surface area contributed by atoms with Crippen LogP contribution in [0.2, 0.25) is 0 Å². The number of carbonyl (C=O) groups is 2. The van der Waals surface area contributed by atoms with Gasteiger partial charge in [0, 0.05) is 17.7 Å². The molecular formula is C18H18N4O5. The second-order valence-corrected chi connectivity index (χ2v) is 5.28. The van der Waals surface area contributed by atoms with E-state index in [2.05, 4.69) is 15.8 Å². The van der Waals surface area contributed by atoms with Gasteiger partial charge < -0.3 is 10.1 Å². The molecule has 2 aromatic carbocycles. The van der Waals surface area contributed by atoms with Crippen LogP contribution in [-0.4, -0.2) is 36.1 Å². The Balaban J connectivity index is 1.78. The molecule has 0 radical (unpaired) electrons. The summed E-state index contributed by atoms with van der Waals surface area (Å²) in [5, 5.41) is 16.8. The van der Waals surface area contributed by atoms with E-state index < -0.39 is 16.7 Å². The van der Waals surface area contributed by atoms with Crippen molar-refractivity contribution in [1.82, 2.24) is 10.7 Å². The number of carbonyl (C=O) groups excluding carboxylic acids is 2. The lowest BCUT2D eigenvalue weighted by molar-refractivity contribution is -0.384. The second kappa shape index (κ2) is 9.66. The van der Waals surface area contributed by atoms with Crippen molar-refractivity contribution in [2.75, 3.05) is 13.2 Å². The Bertz CT molecular complexity index is 832. The largest absolute Gasteiger partial charge is 0.494 e. The summed E-state index contributed by atoms with van der Waals surface area (Å²) in [6.45, 7) is 2.15. The van der Waals surface area contributed by atoms with Gasteiger partial charge >= 0.3 is 0 Å². The summed E-state index contributed by atoms with van der Waals surface area (Å²) in [6.07, 6.45) is 1.34. The van der Waals surface area contributed by atoms with Crippen LogP contribution in [0.3, 0.4) is 0 Å². The smallest absolute Gasteiger partial charge is 0.269 e. The van der Waals surface area contributed by atoms with Gasteiger partial charge in [-0.15, -0.1) is 0 Å². The molecule has 0 aliphatic carbocycles. The fourth-order valence-electron chi connectivity index (χ4n) is 2.03. The third kappa shape index (κ3) is 6.24. The van der Waals surface area contributed by atoms with Gasteiger partial charge in [0.1, 0.15) is 5.75 Å². The SMILES string of the molecule is CCOc1ccc(C(=O)NCC(=O)N/N=C\c2ccc([N+](=O)[O-])cc2)cc1. The highest BCUT2D eigenvalue weighted by Crippen LogP contribution is 2.12. The van der Waals surface area contributed by atoms with Gasteiger partial charge in [0.2, 0.25) is 0 Å². The third-order valence-electron chi connectivity index (χ3n) is 3.34. The molecule has 2 aromatic rings. The van der Waals surface area contributed by atoms with Crippen molar-refractivity contribution in [3.8, 4) is 5.75 Å². The molecule has 9 nitrogen and oxygen atoms in total. The van der Waals surface area contributed by atoms with Crippen molar-refractivity contribution in [2.24, 2.45) is 5.10 Å². The van der Waals surface area contributed by atoms with Crippen LogP contribution in [0.25, 0.3) is 0 Å². The molecule has 2 amide bonds. The molecular weight excluding hydrogens is 352 g/mol. The monoisotopic (exact) mass is 370 g/mol. The molecule has 9 heteroatoms. The van der Waals surface area contributed by atoms with Crippen LogP contribution >= 0.6 is 0 Å². The molecule has 27 heavy (non-hydrogen) atoms. The van der Waals surface area contributed by atoms with Crippen LogP contribution in [0, 0.1) is 10.1 Å². The highest BCUT2D eigenvalue weighted by Gasteiger charge is 2.08. The molecule has 0 aromatic heterocycles. The first kappa shape index (κ1) is 19.6. The van der Waals surface area contributed by atoms with E-state index in [1.165, 1.54) is 30.5 Å². The highest BCUT2D eigenvalue weighted by atomic mass is 16.6. The van der Waals surface area contributed by atoms with Crippen molar-refractivity contribution in [3.63, 3.8) is 0 Å². The average Bonchev–Trinajstić information content (AvgIpc) is 2.67. The summed E-state index contributed by atoms with van der Waals surface area (Å²) in [5.74, 6) is -0.243. The Morgan fingerprint density at radius 3 is 2.41 bits per heavy atom. The van der Waals surface area contributed by atoms with Crippen LogP contribution in [0.4, 0.5) is 5.69 Å². The van der Waals surface area contributed by atoms with Crippen molar-refractivity contribution < 1.29 is 19.2 Å². The number of nitrogens with one attached hydrogen (secondary N) is 2. The molecule has 0 spiro atoms. The van der Waals surface area contributed by atoms with Gasteiger partial charge in [-0.05, 0) is 48.9 Å². The maximum absolute atomic E-state index is 12.0. The van der Waals surface area contributed by atoms with E-state index in [0.29, 0.717) is 23.5 Å². The lowest BCUT2D eigenvalue weighted by atomic mass is 10.2. The zero-order valence-electron chi connectivity index (χ0n) is 14.5. The molecule has 140 valence electrons. The van der Waals surface area contributed by atoms with Gasteiger partial charge in [-0.3, -0.25) is 19.7 Å². The van der Waals surface area contributed by atoms with Gasteiger partial charge in [-0.2, -0.15) is 5.10 Å². The van der Waals surface area contributed by atoms with E-state index in [4.69, 9.17) is 4.74 Å². The maximum atomic E-state index is 12.0. The van der Waals surface area contributed by atoms with Gasteiger partial charge in [-0.25, -0.2) is 5.43 Å². The number of non-ortho nitro benzene ring substituents is 1. The summed E-state index contributed by atoms with van der Waals surface area (Å²) in [6, 6.07) is 12.2. The van der Waals surface area contributed by atoms with E-state index in [-0.39, 0.29) is 12.2 Å². The number of amides is 2. The molecule has 0 bridgehead atoms. The van der Waals surface area contributed by atoms with Crippen LogP contribution in [0.15, 0.2) is 53.6 Å². The summed E-state index contributed by atoms with van der Waals surface area (Å²) in [4.78, 5) is 33.7. The Hall–Kier alpha value is -3.75. The summed E-state index contributed by atoms with van der Waals surface area (Å²) >= 11 is 0. The molecule has 0 saturated heterocycles. The number of hydrazone groups is 1. The molecule has 0 heterocycles. The van der Waals surface area contributed by atoms with Gasteiger partial charge in [0.15, 0.2) is 0 Å². The van der Waals surface area contributed by atoms with Crippen molar-refractivity contribution in [2.45, 2.75) is 6.92 Å². The molecule has 0 saturated carbocycles. The number of nitro benzene ring substituents is 1. The fourth-order valence-corrected chi connectivity index (χ4v) is 2.03. The summed E-state index contributed by atoms with van der Waals surface area (Å²) in [7, 11) is 0. The zero-order valence-corrected chi connectivity index (χ0v) is 14.5. The van der Waals surface area contributed by atoms with E-state index in [0.717, 1.165) is 0 Å². The van der Waals surface area contributed by atoms with Crippen LogP contribution in [-0.2, 0) is 4.79 Å². The zero-order chi connectivity index (χ0) is 19.6. The topological polar surface area (TPSA) is 123 Å². The number of ether oxygens (including phenoxy) is 1. The fraction of sp³-hybridized carbons (Fsp3) is 0.167. The minimum Gasteiger partial charge on any atom is -0.494 e. The van der Waals surface area contributed by atoms with Gasteiger partial charge in [-0.1, -0.05) is 0 Å². The average molecular weight is 370 g/mol. The normalized spacial score (nSPS) is 10.4. The first-order chi connectivity index (χ1) is 13.0. The molecule has 0 unspecified atom stereocenters. The Kier molecular flexibility index (Phi) is 7.00. The minimum atomic E-state index is -0.507. The molecule has 0 fully saturated rings. The number of hydrogen-bond donors (Lipinski definition) is 2. The third-order valence-corrected chi connectivity index (χ3v) is 3.34. The maximum Gasteiger partial charge on any atom is 0.269 e. The summed E-state index contributed by atoms with van der Waals surface area (Å²) < 4.78 is 5.29. The minimum absolute atomic E-state index is 0.0341. The number of nitro groups is 1. The molecule has 2 N–H and O–H groups in total. The quantitative estimate of drug-likeness (QED) is 0.417. The van der Waals surface area contributed by atoms with Crippen LogP contribution in [0.1, 0.15) is 22.8 Å². The first-order valence-corrected chi connectivity index (χ1v) is 8.07. The van der Waals surface area contributed by atoms with E-state index in [1.807, 2.05) is 6.92 Å². The lowest BCUT2D eigenvalue weighted by Crippen LogP contribution is -2.34. The Labute approximate surface area is 155 Å². The van der Waals surface area contributed by atoms with Gasteiger partial charge in [0.05, 0.1) is 24.3 Å². The van der Waals surface area contributed by atoms with E-state index >= 15 is 0 Å². The standard InChI is InChI=1S/C18H18N4O5/c1-2-27-16-9-5-14(6-10-16)18(24)19-12-17(23)21-20-11-13-3-7-15(8-4-13)22(25)26/h3-11H,2,12H2,1H3,(H,19,24)(H,21,23)/b20-11-. The number of hydrogen-bond acceptors (Lipinski definition) is 6. The molecule has 2 rings (SSSR count). The number of nitrogens with zero attached hydrogens (tertiary/aromatic N) is 2. The lowest BCUT2D eigenvalue weighted by Gasteiger charge is -2.06. The summed E-state index contributed by atoms with van der Waals surface area (Å²) in [5.41, 5.74) is 3.22. The molecule has 0 atom stereocenters. The molecule has 0 aliphatic rings. The van der Waals surface area contributed by atoms with Crippen LogP contribution in [0.5, 0.6) is 5.75 Å². The Morgan fingerprint density at radius 2 is 1.81 bits per heavy atom. The molecule has 0 aliphatic heterocycles. The van der Waals surface area contributed by atoms with Crippen molar-refractivity contribution in [1.29, 1.82) is 0 Å². The predicted molar refractivity (Wildman–Crippen MR) is 98.8 cm³/mol. The number of benzene rings is 2. The van der Waals surface area contributed by atoms with Crippen LogP contribution < -0.4 is 15.5 Å². The number of rotatable bonds is 8. The Morgan fingerprint density at radius 1 is 1.15 bits per heavy atom. The first-order valence-electron chi connectivity index (χ1n) is 8.07.